The van der Waals surface area contributed by atoms with E-state index >= 15 is 0 Å². The highest BCUT2D eigenvalue weighted by atomic mass is 14.9. The van der Waals surface area contributed by atoms with E-state index in [2.05, 4.69) is 9.97 Å². The topological polar surface area (TPSA) is 90.7 Å². The number of pyridine rings is 3. The third-order valence-corrected chi connectivity index (χ3v) is 3.73. The molecule has 112 valence electrons. The predicted octanol–water partition coefficient (Wildman–Crippen LogP) is 2.43. The monoisotopic (exact) mass is 293 g/mol. The lowest BCUT2D eigenvalue weighted by Gasteiger charge is -2.27. The number of hydrogen-bond acceptors (Lipinski definition) is 5. The van der Waals surface area contributed by atoms with Gasteiger partial charge in [-0.3, -0.25) is 15.0 Å². The Labute approximate surface area is 129 Å². The largest absolute Gasteiger partial charge is 0.324 e. The normalized spacial score (nSPS) is 13.3. The lowest BCUT2D eigenvalue weighted by Crippen LogP contribution is -2.44. The summed E-state index contributed by atoms with van der Waals surface area (Å²) in [5.74, 6) is 0. The molecule has 0 amide bonds. The van der Waals surface area contributed by atoms with Crippen LogP contribution in [0.5, 0.6) is 0 Å². The molecule has 5 heteroatoms. The molecule has 0 aliphatic carbocycles. The highest BCUT2D eigenvalue weighted by molar-refractivity contribution is 5.87. The highest BCUT2D eigenvalue weighted by Gasteiger charge is 2.26. The van der Waals surface area contributed by atoms with Crippen molar-refractivity contribution in [1.29, 1.82) is 0 Å². The Morgan fingerprint density at radius 1 is 1.05 bits per heavy atom. The van der Waals surface area contributed by atoms with Crippen LogP contribution in [0.2, 0.25) is 0 Å². The van der Waals surface area contributed by atoms with Crippen molar-refractivity contribution in [3.8, 4) is 11.3 Å². The van der Waals surface area contributed by atoms with Gasteiger partial charge in [0.25, 0.3) is 0 Å². The van der Waals surface area contributed by atoms with Gasteiger partial charge in [-0.15, -0.1) is 0 Å². The van der Waals surface area contributed by atoms with Crippen LogP contribution in [0.25, 0.3) is 22.0 Å². The first-order valence-electron chi connectivity index (χ1n) is 7.16. The van der Waals surface area contributed by atoms with Crippen molar-refractivity contribution in [2.24, 2.45) is 11.5 Å². The summed E-state index contributed by atoms with van der Waals surface area (Å²) in [6.07, 6.45) is 7.06. The minimum Gasteiger partial charge on any atom is -0.324 e. The molecule has 0 fully saturated rings. The molecule has 0 saturated carbocycles. The molecule has 0 saturated heterocycles. The molecule has 3 aromatic heterocycles. The predicted molar refractivity (Wildman–Crippen MR) is 88.0 cm³/mol. The van der Waals surface area contributed by atoms with E-state index in [1.165, 1.54) is 0 Å². The second-order valence-electron chi connectivity index (χ2n) is 6.02. The summed E-state index contributed by atoms with van der Waals surface area (Å²) in [4.78, 5) is 13.0. The van der Waals surface area contributed by atoms with Gasteiger partial charge >= 0.3 is 0 Å². The molecule has 0 spiro atoms. The van der Waals surface area contributed by atoms with Crippen LogP contribution in [0.3, 0.4) is 0 Å². The van der Waals surface area contributed by atoms with E-state index in [0.29, 0.717) is 0 Å². The second-order valence-corrected chi connectivity index (χ2v) is 6.02. The molecule has 0 aliphatic heterocycles. The lowest BCUT2D eigenvalue weighted by atomic mass is 9.91. The molecule has 1 unspecified atom stereocenters. The Morgan fingerprint density at radius 3 is 2.41 bits per heavy atom. The number of nitrogens with zero attached hydrogens (tertiary/aromatic N) is 3. The van der Waals surface area contributed by atoms with Crippen LogP contribution in [0, 0.1) is 0 Å². The molecule has 22 heavy (non-hydrogen) atoms. The van der Waals surface area contributed by atoms with E-state index in [4.69, 9.17) is 16.5 Å². The zero-order valence-corrected chi connectivity index (χ0v) is 12.7. The molecule has 1 atom stereocenters. The van der Waals surface area contributed by atoms with Crippen molar-refractivity contribution in [1.82, 2.24) is 15.0 Å². The van der Waals surface area contributed by atoms with Gasteiger partial charge in [0.2, 0.25) is 0 Å². The average molecular weight is 293 g/mol. The lowest BCUT2D eigenvalue weighted by molar-refractivity contribution is 0.416. The van der Waals surface area contributed by atoms with E-state index < -0.39 is 5.54 Å². The molecular weight excluding hydrogens is 274 g/mol. The SMILES string of the molecule is CC(C)(N)C(N)c1nc(-c2ccncc2)cc2cnccc12. The Morgan fingerprint density at radius 2 is 1.73 bits per heavy atom. The zero-order valence-electron chi connectivity index (χ0n) is 12.7. The summed E-state index contributed by atoms with van der Waals surface area (Å²) in [5, 5.41) is 1.98. The molecule has 0 radical (unpaired) electrons. The average Bonchev–Trinajstić information content (AvgIpc) is 2.53. The van der Waals surface area contributed by atoms with Crippen LogP contribution in [-0.2, 0) is 0 Å². The number of nitrogens with two attached hydrogens (primary N) is 2. The minimum atomic E-state index is -0.569. The maximum Gasteiger partial charge on any atom is 0.0714 e. The van der Waals surface area contributed by atoms with E-state index in [1.807, 2.05) is 44.3 Å². The maximum absolute atomic E-state index is 6.36. The van der Waals surface area contributed by atoms with Gasteiger partial charge in [0.05, 0.1) is 17.4 Å². The second kappa shape index (κ2) is 5.44. The van der Waals surface area contributed by atoms with Gasteiger partial charge in [-0.25, -0.2) is 0 Å². The minimum absolute atomic E-state index is 0.376. The molecule has 0 aliphatic rings. The van der Waals surface area contributed by atoms with Gasteiger partial charge in [-0.1, -0.05) is 0 Å². The Bertz CT molecular complexity index is 793. The summed E-state index contributed by atoms with van der Waals surface area (Å²) >= 11 is 0. The Kier molecular flexibility index (Phi) is 3.60. The third kappa shape index (κ3) is 2.68. The summed E-state index contributed by atoms with van der Waals surface area (Å²) in [7, 11) is 0. The molecule has 0 aromatic carbocycles. The van der Waals surface area contributed by atoms with Gasteiger partial charge in [0, 0.05) is 46.7 Å². The van der Waals surface area contributed by atoms with Crippen LogP contribution >= 0.6 is 0 Å². The highest BCUT2D eigenvalue weighted by Crippen LogP contribution is 2.30. The quantitative estimate of drug-likeness (QED) is 0.774. The van der Waals surface area contributed by atoms with Gasteiger partial charge in [0.1, 0.15) is 0 Å². The first-order chi connectivity index (χ1) is 10.5. The molecule has 4 N–H and O–H groups in total. The van der Waals surface area contributed by atoms with Gasteiger partial charge in [0.15, 0.2) is 0 Å². The van der Waals surface area contributed by atoms with Crippen molar-refractivity contribution in [3.63, 3.8) is 0 Å². The number of rotatable bonds is 3. The van der Waals surface area contributed by atoms with Crippen molar-refractivity contribution in [3.05, 3.63) is 54.7 Å². The van der Waals surface area contributed by atoms with Gasteiger partial charge < -0.3 is 11.5 Å². The van der Waals surface area contributed by atoms with Crippen LogP contribution < -0.4 is 11.5 Å². The standard InChI is InChI=1S/C17H19N5/c1-17(2,19)16(18)15-13-5-8-21-10-12(13)9-14(22-15)11-3-6-20-7-4-11/h3-10,16H,18-19H2,1-2H3. The van der Waals surface area contributed by atoms with E-state index in [1.54, 1.807) is 18.6 Å². The third-order valence-electron chi connectivity index (χ3n) is 3.73. The van der Waals surface area contributed by atoms with Crippen molar-refractivity contribution in [2.75, 3.05) is 0 Å². The number of aromatic nitrogens is 3. The van der Waals surface area contributed by atoms with Crippen LogP contribution in [0.1, 0.15) is 25.6 Å². The van der Waals surface area contributed by atoms with Crippen molar-refractivity contribution < 1.29 is 0 Å². The number of fused-ring (bicyclic) bond motifs is 1. The molecular formula is C17H19N5. The molecule has 3 rings (SSSR count). The molecule has 3 heterocycles. The molecule has 3 aromatic rings. The summed E-state index contributed by atoms with van der Waals surface area (Å²) in [5.41, 5.74) is 14.6. The Balaban J connectivity index is 2.26. The number of hydrogen-bond donors (Lipinski definition) is 2. The fourth-order valence-electron chi connectivity index (χ4n) is 2.38. The smallest absolute Gasteiger partial charge is 0.0714 e. The van der Waals surface area contributed by atoms with Crippen LogP contribution in [0.4, 0.5) is 0 Å². The van der Waals surface area contributed by atoms with Gasteiger partial charge in [-0.05, 0) is 38.1 Å². The first-order valence-corrected chi connectivity index (χ1v) is 7.16. The summed E-state index contributed by atoms with van der Waals surface area (Å²) in [6, 6.07) is 7.41. The van der Waals surface area contributed by atoms with E-state index in [-0.39, 0.29) is 6.04 Å². The summed E-state index contributed by atoms with van der Waals surface area (Å²) < 4.78 is 0. The van der Waals surface area contributed by atoms with Gasteiger partial charge in [-0.2, -0.15) is 0 Å². The van der Waals surface area contributed by atoms with Crippen molar-refractivity contribution in [2.45, 2.75) is 25.4 Å². The van der Waals surface area contributed by atoms with E-state index in [0.717, 1.165) is 27.7 Å². The zero-order chi connectivity index (χ0) is 15.7. The fraction of sp³-hybridized carbons (Fsp3) is 0.235. The first kappa shape index (κ1) is 14.6. The fourth-order valence-corrected chi connectivity index (χ4v) is 2.38. The Hall–Kier alpha value is -2.37. The molecule has 5 nitrogen and oxygen atoms in total. The summed E-state index contributed by atoms with van der Waals surface area (Å²) in [6.45, 7) is 3.82. The van der Waals surface area contributed by atoms with Crippen LogP contribution in [-0.4, -0.2) is 20.5 Å². The van der Waals surface area contributed by atoms with E-state index in [9.17, 15) is 0 Å². The molecule has 0 bridgehead atoms. The van der Waals surface area contributed by atoms with Crippen LogP contribution in [0.15, 0.2) is 49.1 Å². The van der Waals surface area contributed by atoms with Crippen molar-refractivity contribution >= 4 is 10.8 Å². The maximum atomic E-state index is 6.36.